The summed E-state index contributed by atoms with van der Waals surface area (Å²) in [6, 6.07) is 3.39. The summed E-state index contributed by atoms with van der Waals surface area (Å²) in [5.74, 6) is -3.71. The van der Waals surface area contributed by atoms with Crippen molar-refractivity contribution in [2.45, 2.75) is 37.8 Å². The van der Waals surface area contributed by atoms with Crippen LogP contribution >= 0.6 is 0 Å². The van der Waals surface area contributed by atoms with Gasteiger partial charge in [-0.1, -0.05) is 0 Å². The number of phenols is 3. The van der Waals surface area contributed by atoms with Crippen LogP contribution in [-0.4, -0.2) is 43.9 Å². The highest BCUT2D eigenvalue weighted by Gasteiger charge is 2.49. The van der Waals surface area contributed by atoms with Crippen molar-refractivity contribution < 1.29 is 39.5 Å². The minimum Gasteiger partial charge on any atom is -0.508 e. The minimum atomic E-state index is -1.02. The van der Waals surface area contributed by atoms with Crippen molar-refractivity contribution in [3.63, 3.8) is 0 Å². The molecule has 0 saturated carbocycles. The van der Waals surface area contributed by atoms with Gasteiger partial charge in [-0.05, 0) is 18.6 Å². The number of carbonyl (C=O) groups is 2. The van der Waals surface area contributed by atoms with Crippen LogP contribution in [-0.2, 0) is 4.74 Å². The molecule has 0 radical (unpaired) electrons. The van der Waals surface area contributed by atoms with Gasteiger partial charge in [0.05, 0.1) is 22.8 Å². The number of carbonyl (C=O) groups excluding carboxylic acids is 2. The molecule has 2 bridgehead atoms. The predicted molar refractivity (Wildman–Crippen MR) is 92.8 cm³/mol. The highest BCUT2D eigenvalue weighted by Crippen LogP contribution is 2.53. The predicted octanol–water partition coefficient (Wildman–Crippen LogP) is 1.90. The molecule has 2 aliphatic heterocycles. The van der Waals surface area contributed by atoms with Crippen molar-refractivity contribution in [2.75, 3.05) is 0 Å². The van der Waals surface area contributed by atoms with E-state index < -0.39 is 41.1 Å². The molecule has 28 heavy (non-hydrogen) atoms. The van der Waals surface area contributed by atoms with Crippen LogP contribution in [0.15, 0.2) is 18.2 Å². The lowest BCUT2D eigenvalue weighted by Gasteiger charge is -2.46. The van der Waals surface area contributed by atoms with Crippen molar-refractivity contribution in [2.24, 2.45) is 0 Å². The van der Waals surface area contributed by atoms with Gasteiger partial charge in [-0.3, -0.25) is 9.59 Å². The monoisotopic (exact) mass is 384 g/mol. The molecule has 0 unspecified atom stereocenters. The van der Waals surface area contributed by atoms with Gasteiger partial charge in [0.1, 0.15) is 29.1 Å². The average Bonchev–Trinajstić information content (AvgIpc) is 2.61. The van der Waals surface area contributed by atoms with Gasteiger partial charge in [-0.2, -0.15) is 0 Å². The van der Waals surface area contributed by atoms with Crippen molar-refractivity contribution in [3.8, 4) is 23.0 Å². The summed E-state index contributed by atoms with van der Waals surface area (Å²) in [7, 11) is 0. The second kappa shape index (κ2) is 5.24. The molecule has 2 aromatic carbocycles. The van der Waals surface area contributed by atoms with E-state index in [9.17, 15) is 30.0 Å². The first-order chi connectivity index (χ1) is 13.2. The summed E-state index contributed by atoms with van der Waals surface area (Å²) < 4.78 is 11.6. The lowest BCUT2D eigenvalue weighted by atomic mass is 9.80. The average molecular weight is 384 g/mol. The molecule has 3 atom stereocenters. The number of hydrogen-bond donors (Lipinski definition) is 4. The fourth-order valence-corrected chi connectivity index (χ4v) is 4.25. The Balaban J connectivity index is 1.78. The number of ketones is 2. The van der Waals surface area contributed by atoms with Gasteiger partial charge in [0.15, 0.2) is 5.78 Å². The number of aromatic hydroxyl groups is 3. The molecule has 8 heteroatoms. The van der Waals surface area contributed by atoms with Crippen LogP contribution in [0.4, 0.5) is 0 Å². The molecule has 8 nitrogen and oxygen atoms in total. The lowest BCUT2D eigenvalue weighted by Crippen LogP contribution is -2.48. The number of phenolic OH excluding ortho intramolecular Hbond substituents is 3. The molecule has 4 N–H and O–H groups in total. The van der Waals surface area contributed by atoms with Gasteiger partial charge < -0.3 is 29.9 Å². The maximum atomic E-state index is 13.0. The number of aliphatic hydroxyl groups is 1. The lowest BCUT2D eigenvalue weighted by molar-refractivity contribution is -0.270. The fourth-order valence-electron chi connectivity index (χ4n) is 4.25. The number of hydrogen-bond acceptors (Lipinski definition) is 8. The van der Waals surface area contributed by atoms with E-state index in [1.165, 1.54) is 6.07 Å². The van der Waals surface area contributed by atoms with E-state index in [0.29, 0.717) is 12.8 Å². The zero-order valence-corrected chi connectivity index (χ0v) is 14.7. The summed E-state index contributed by atoms with van der Waals surface area (Å²) in [6.45, 7) is 1.70. The van der Waals surface area contributed by atoms with E-state index in [2.05, 4.69) is 0 Å². The van der Waals surface area contributed by atoms with Gasteiger partial charge >= 0.3 is 0 Å². The van der Waals surface area contributed by atoms with E-state index in [-0.39, 0.29) is 39.3 Å². The highest BCUT2D eigenvalue weighted by atomic mass is 16.7. The molecule has 0 amide bonds. The zero-order chi connectivity index (χ0) is 20.0. The fraction of sp³-hybridized carbons (Fsp3) is 0.300. The Bertz CT molecular complexity index is 1090. The molecule has 3 aliphatic rings. The SMILES string of the molecule is C[C@@]12CC[C@@H](O)[C@@H](O1)c1c(cc3c(c1O)C(=O)c1c(O)cc(O)cc1C3=O)O2. The molecule has 2 aromatic rings. The zero-order valence-electron chi connectivity index (χ0n) is 14.7. The first kappa shape index (κ1) is 17.0. The first-order valence-corrected chi connectivity index (χ1v) is 8.80. The van der Waals surface area contributed by atoms with Gasteiger partial charge in [-0.15, -0.1) is 0 Å². The molecule has 0 aromatic heterocycles. The van der Waals surface area contributed by atoms with Crippen molar-refractivity contribution in [1.82, 2.24) is 0 Å². The molecule has 0 spiro atoms. The Morgan fingerprint density at radius 2 is 1.75 bits per heavy atom. The van der Waals surface area contributed by atoms with E-state index in [0.717, 1.165) is 12.1 Å². The largest absolute Gasteiger partial charge is 0.508 e. The van der Waals surface area contributed by atoms with Crippen LogP contribution in [0.2, 0.25) is 0 Å². The summed E-state index contributed by atoms with van der Waals surface area (Å²) >= 11 is 0. The minimum absolute atomic E-state index is 0.100. The Labute approximate surface area is 158 Å². The highest BCUT2D eigenvalue weighted by molar-refractivity contribution is 6.30. The van der Waals surface area contributed by atoms with Gasteiger partial charge in [0.2, 0.25) is 11.6 Å². The van der Waals surface area contributed by atoms with Crippen LogP contribution in [0.5, 0.6) is 23.0 Å². The Morgan fingerprint density at radius 1 is 1.04 bits per heavy atom. The van der Waals surface area contributed by atoms with Crippen LogP contribution in [0.25, 0.3) is 0 Å². The summed E-state index contributed by atoms with van der Waals surface area (Å²) in [4.78, 5) is 26.0. The molecule has 1 fully saturated rings. The van der Waals surface area contributed by atoms with Gasteiger partial charge in [-0.25, -0.2) is 0 Å². The molecule has 144 valence electrons. The Morgan fingerprint density at radius 3 is 2.50 bits per heavy atom. The molecular weight excluding hydrogens is 368 g/mol. The second-order valence-electron chi connectivity index (χ2n) is 7.49. The molecular formula is C20H16O8. The number of rotatable bonds is 0. The van der Waals surface area contributed by atoms with Crippen LogP contribution < -0.4 is 4.74 Å². The second-order valence-corrected chi connectivity index (χ2v) is 7.49. The van der Waals surface area contributed by atoms with Crippen LogP contribution in [0, 0.1) is 0 Å². The van der Waals surface area contributed by atoms with Crippen LogP contribution in [0.1, 0.15) is 63.3 Å². The van der Waals surface area contributed by atoms with E-state index in [4.69, 9.17) is 9.47 Å². The summed E-state index contributed by atoms with van der Waals surface area (Å²) in [6.07, 6.45) is -1.02. The quantitative estimate of drug-likeness (QED) is 0.462. The third-order valence-corrected chi connectivity index (χ3v) is 5.58. The maximum absolute atomic E-state index is 13.0. The number of benzene rings is 2. The van der Waals surface area contributed by atoms with E-state index in [1.807, 2.05) is 0 Å². The van der Waals surface area contributed by atoms with E-state index >= 15 is 0 Å². The van der Waals surface area contributed by atoms with Crippen molar-refractivity contribution in [3.05, 3.63) is 46.0 Å². The van der Waals surface area contributed by atoms with Gasteiger partial charge in [0.25, 0.3) is 0 Å². The Hall–Kier alpha value is -3.10. The number of aliphatic hydroxyl groups excluding tert-OH is 1. The maximum Gasteiger partial charge on any atom is 0.208 e. The topological polar surface area (TPSA) is 134 Å². The number of fused-ring (bicyclic) bond motifs is 6. The van der Waals surface area contributed by atoms with Crippen molar-refractivity contribution >= 4 is 11.6 Å². The Kier molecular flexibility index (Phi) is 3.19. The molecule has 1 saturated heterocycles. The summed E-state index contributed by atoms with van der Waals surface area (Å²) in [5, 5.41) is 41.0. The standard InChI is InChI=1S/C20H16O8/c1-20-3-2-10(22)19(28-20)15-12(27-20)6-9-14(18(15)26)17(25)13-8(16(9)24)4-7(21)5-11(13)23/h4-6,10,19,21-23,26H,2-3H2,1H3/t10-,19-,20+/m1/s1. The summed E-state index contributed by atoms with van der Waals surface area (Å²) in [5.41, 5.74) is -0.737. The molecule has 1 aliphatic carbocycles. The van der Waals surface area contributed by atoms with Crippen molar-refractivity contribution in [1.29, 1.82) is 0 Å². The van der Waals surface area contributed by atoms with Crippen LogP contribution in [0.3, 0.4) is 0 Å². The van der Waals surface area contributed by atoms with E-state index in [1.54, 1.807) is 6.92 Å². The molecule has 2 heterocycles. The third-order valence-electron chi connectivity index (χ3n) is 5.58. The van der Waals surface area contributed by atoms with Gasteiger partial charge in [0, 0.05) is 30.5 Å². The smallest absolute Gasteiger partial charge is 0.208 e. The normalized spacial score (nSPS) is 27.5. The molecule has 5 rings (SSSR count). The third kappa shape index (κ3) is 2.07. The first-order valence-electron chi connectivity index (χ1n) is 8.80. The number of ether oxygens (including phenoxy) is 2.